The van der Waals surface area contributed by atoms with Crippen LogP contribution in [0, 0.1) is 0 Å². The van der Waals surface area contributed by atoms with Gasteiger partial charge in [0.2, 0.25) is 5.91 Å². The Balaban J connectivity index is 0.00000196. The van der Waals surface area contributed by atoms with E-state index in [0.29, 0.717) is 12.8 Å². The second-order valence-corrected chi connectivity index (χ2v) is 5.33. The van der Waals surface area contributed by atoms with Crippen molar-refractivity contribution < 1.29 is 36.6 Å². The van der Waals surface area contributed by atoms with Crippen LogP contribution < -0.4 is 24.2 Å². The first kappa shape index (κ1) is 15.0. The number of carbonyl (C=O) groups is 1. The summed E-state index contributed by atoms with van der Waals surface area (Å²) in [5, 5.41) is 1.82. The fraction of sp³-hybridized carbons (Fsp3) is 0.875. The van der Waals surface area contributed by atoms with Gasteiger partial charge in [-0.1, -0.05) is 6.42 Å². The van der Waals surface area contributed by atoms with Crippen LogP contribution in [0.4, 0.5) is 0 Å². The smallest absolute Gasteiger partial charge is 0.748 e. The first-order valence-corrected chi connectivity index (χ1v) is 6.08. The molecule has 2 unspecified atom stereocenters. The third-order valence-corrected chi connectivity index (χ3v) is 3.69. The topological polar surface area (TPSA) is 86.3 Å². The van der Waals surface area contributed by atoms with Crippen molar-refractivity contribution in [3.8, 4) is 0 Å². The molecule has 2 atom stereocenters. The molecule has 0 bridgehead atoms. The Morgan fingerprint density at radius 1 is 1.40 bits per heavy atom. The molecule has 1 amide bonds. The second-order valence-electron chi connectivity index (χ2n) is 3.68. The first-order valence-electron chi connectivity index (χ1n) is 4.61. The number of carbonyl (C=O) groups excluding carboxylic acids is 1. The molecule has 0 heterocycles. The molecule has 1 aliphatic rings. The average Bonchev–Trinajstić information content (AvgIpc) is 2.01. The summed E-state index contributed by atoms with van der Waals surface area (Å²) in [4.78, 5) is 10.7. The van der Waals surface area contributed by atoms with Crippen LogP contribution in [0.25, 0.3) is 0 Å². The number of hydrogen-bond donors (Lipinski definition) is 1. The van der Waals surface area contributed by atoms with Crippen molar-refractivity contribution >= 4 is 16.0 Å². The van der Waals surface area contributed by atoms with Gasteiger partial charge in [-0.05, 0) is 19.3 Å². The van der Waals surface area contributed by atoms with Gasteiger partial charge in [0.25, 0.3) is 0 Å². The van der Waals surface area contributed by atoms with Crippen LogP contribution in [0.5, 0.6) is 0 Å². The van der Waals surface area contributed by atoms with Crippen molar-refractivity contribution in [1.82, 2.24) is 5.32 Å². The predicted molar refractivity (Wildman–Crippen MR) is 49.6 cm³/mol. The standard InChI is InChI=1S/C8H15NO4S.Li/c1-6(10)9-7-3-2-4-8(5-7)14(11,12)13;/h7-8H,2-5H2,1H3,(H,9,10)(H,11,12,13);/q;+1/p-1. The van der Waals surface area contributed by atoms with Crippen LogP contribution in [0.15, 0.2) is 0 Å². The monoisotopic (exact) mass is 227 g/mol. The zero-order valence-electron chi connectivity index (χ0n) is 9.02. The van der Waals surface area contributed by atoms with Gasteiger partial charge >= 0.3 is 18.9 Å². The molecule has 1 saturated carbocycles. The molecule has 0 aromatic heterocycles. The van der Waals surface area contributed by atoms with E-state index in [4.69, 9.17) is 0 Å². The van der Waals surface area contributed by atoms with E-state index in [1.54, 1.807) is 0 Å². The fourth-order valence-electron chi connectivity index (χ4n) is 1.83. The third kappa shape index (κ3) is 5.02. The van der Waals surface area contributed by atoms with Gasteiger partial charge in [0, 0.05) is 13.0 Å². The normalized spacial score (nSPS) is 26.5. The van der Waals surface area contributed by atoms with Gasteiger partial charge < -0.3 is 9.87 Å². The van der Waals surface area contributed by atoms with Gasteiger partial charge in [-0.15, -0.1) is 0 Å². The predicted octanol–water partition coefficient (Wildman–Crippen LogP) is -3.02. The summed E-state index contributed by atoms with van der Waals surface area (Å²) in [7, 11) is -4.20. The van der Waals surface area contributed by atoms with Crippen molar-refractivity contribution in [2.75, 3.05) is 0 Å². The number of rotatable bonds is 2. The molecule has 0 aliphatic heterocycles. The van der Waals surface area contributed by atoms with E-state index in [0.717, 1.165) is 6.42 Å². The number of amides is 1. The minimum absolute atomic E-state index is 0. The van der Waals surface area contributed by atoms with E-state index in [1.807, 2.05) is 0 Å². The fourth-order valence-corrected chi connectivity index (χ4v) is 2.75. The van der Waals surface area contributed by atoms with Crippen LogP contribution in [0.1, 0.15) is 32.6 Å². The molecule has 15 heavy (non-hydrogen) atoms. The quantitative estimate of drug-likeness (QED) is 0.402. The maximum absolute atomic E-state index is 10.7. The van der Waals surface area contributed by atoms with Crippen molar-refractivity contribution in [3.63, 3.8) is 0 Å². The summed E-state index contributed by atoms with van der Waals surface area (Å²) >= 11 is 0. The molecule has 82 valence electrons. The summed E-state index contributed by atoms with van der Waals surface area (Å²) in [6.07, 6.45) is 2.11. The summed E-state index contributed by atoms with van der Waals surface area (Å²) < 4.78 is 32.2. The average molecular weight is 227 g/mol. The second kappa shape index (κ2) is 5.90. The van der Waals surface area contributed by atoms with Crippen LogP contribution in [-0.2, 0) is 14.9 Å². The van der Waals surface area contributed by atoms with E-state index in [1.165, 1.54) is 6.92 Å². The van der Waals surface area contributed by atoms with E-state index in [2.05, 4.69) is 5.32 Å². The summed E-state index contributed by atoms with van der Waals surface area (Å²) in [6.45, 7) is 1.38. The number of nitrogens with one attached hydrogen (secondary N) is 1. The summed E-state index contributed by atoms with van der Waals surface area (Å²) in [5.74, 6) is -0.182. The van der Waals surface area contributed by atoms with Crippen LogP contribution in [0.3, 0.4) is 0 Å². The largest absolute Gasteiger partial charge is 1.00 e. The molecule has 7 heteroatoms. The van der Waals surface area contributed by atoms with Gasteiger partial charge in [-0.2, -0.15) is 0 Å². The molecule has 1 rings (SSSR count). The molecule has 5 nitrogen and oxygen atoms in total. The molecular weight excluding hydrogens is 213 g/mol. The minimum Gasteiger partial charge on any atom is -0.748 e. The number of hydrogen-bond acceptors (Lipinski definition) is 4. The van der Waals surface area contributed by atoms with Crippen molar-refractivity contribution in [2.45, 2.75) is 43.9 Å². The van der Waals surface area contributed by atoms with Crippen molar-refractivity contribution in [1.29, 1.82) is 0 Å². The van der Waals surface area contributed by atoms with Crippen LogP contribution >= 0.6 is 0 Å². The third-order valence-electron chi connectivity index (χ3n) is 2.44. The molecule has 1 fully saturated rings. The van der Waals surface area contributed by atoms with E-state index in [-0.39, 0.29) is 37.2 Å². The zero-order valence-corrected chi connectivity index (χ0v) is 9.84. The van der Waals surface area contributed by atoms with Gasteiger partial charge in [0.05, 0.1) is 15.4 Å². The minimum atomic E-state index is -4.20. The maximum atomic E-state index is 10.7. The molecule has 0 aromatic rings. The Hall–Kier alpha value is -0.0226. The Kier molecular flexibility index (Phi) is 5.89. The SMILES string of the molecule is CC(=O)NC1CCCC(S(=O)(=O)[O-])C1.[Li+]. The molecular formula is C8H14LiNO4S. The van der Waals surface area contributed by atoms with Crippen molar-refractivity contribution in [3.05, 3.63) is 0 Å². The first-order chi connectivity index (χ1) is 6.39. The van der Waals surface area contributed by atoms with Crippen LogP contribution in [0.2, 0.25) is 0 Å². The Morgan fingerprint density at radius 2 is 2.00 bits per heavy atom. The molecule has 0 aromatic carbocycles. The van der Waals surface area contributed by atoms with E-state index < -0.39 is 15.4 Å². The Bertz CT molecular complexity index is 317. The molecule has 0 radical (unpaired) electrons. The van der Waals surface area contributed by atoms with Gasteiger partial charge in [-0.25, -0.2) is 8.42 Å². The molecule has 0 saturated heterocycles. The van der Waals surface area contributed by atoms with Gasteiger partial charge in [0.1, 0.15) is 0 Å². The summed E-state index contributed by atoms with van der Waals surface area (Å²) in [6, 6.07) is -0.157. The van der Waals surface area contributed by atoms with Gasteiger partial charge in [0.15, 0.2) is 0 Å². The molecule has 0 spiro atoms. The van der Waals surface area contributed by atoms with Crippen LogP contribution in [-0.4, -0.2) is 30.2 Å². The van der Waals surface area contributed by atoms with Crippen molar-refractivity contribution in [2.24, 2.45) is 0 Å². The molecule has 1 aliphatic carbocycles. The van der Waals surface area contributed by atoms with Gasteiger partial charge in [-0.3, -0.25) is 4.79 Å². The van der Waals surface area contributed by atoms with E-state index >= 15 is 0 Å². The van der Waals surface area contributed by atoms with E-state index in [9.17, 15) is 17.8 Å². The Labute approximate surface area is 102 Å². The summed E-state index contributed by atoms with van der Waals surface area (Å²) in [5.41, 5.74) is 0. The maximum Gasteiger partial charge on any atom is 1.00 e. The Morgan fingerprint density at radius 3 is 2.47 bits per heavy atom. The molecule has 1 N–H and O–H groups in total. The zero-order chi connectivity index (χ0) is 10.8.